The normalized spacial score (nSPS) is 10.7. The predicted octanol–water partition coefficient (Wildman–Crippen LogP) is 2.08. The van der Waals surface area contributed by atoms with E-state index in [1.165, 1.54) is 0 Å². The molecule has 0 atom stereocenters. The van der Waals surface area contributed by atoms with Gasteiger partial charge in [0.05, 0.1) is 0 Å². The highest BCUT2D eigenvalue weighted by Gasteiger charge is 2.07. The topological polar surface area (TPSA) is 64.9 Å². The monoisotopic (exact) mass is 223 g/mol. The molecule has 0 aromatic carbocycles. The molecule has 0 aliphatic carbocycles. The summed E-state index contributed by atoms with van der Waals surface area (Å²) in [5, 5.41) is 7.93. The number of aryl methyl sites for hydroxylation is 1. The number of aromatic nitrogens is 2. The summed E-state index contributed by atoms with van der Waals surface area (Å²) >= 11 is 1.63. The molecule has 0 unspecified atom stereocenters. The molecule has 2 rings (SSSR count). The fourth-order valence-electron chi connectivity index (χ4n) is 1.29. The number of rotatable bonds is 5. The Morgan fingerprint density at radius 2 is 2.33 bits per heavy atom. The van der Waals surface area contributed by atoms with E-state index in [0.29, 0.717) is 18.3 Å². The van der Waals surface area contributed by atoms with E-state index in [-0.39, 0.29) is 0 Å². The zero-order chi connectivity index (χ0) is 10.5. The van der Waals surface area contributed by atoms with Crippen LogP contribution in [0, 0.1) is 0 Å². The third-order valence-electron chi connectivity index (χ3n) is 2.09. The standard InChI is InChI=1S/C10H13N3OS/c11-5-2-1-3-9-12-10(13-14-9)8-4-6-15-7-8/h4,6-7H,1-3,5,11H2. The number of thiophene rings is 1. The average molecular weight is 223 g/mol. The van der Waals surface area contributed by atoms with Crippen LogP contribution >= 0.6 is 11.3 Å². The van der Waals surface area contributed by atoms with Gasteiger partial charge in [0.1, 0.15) is 0 Å². The first-order valence-corrected chi connectivity index (χ1v) is 5.89. The highest BCUT2D eigenvalue weighted by molar-refractivity contribution is 7.08. The van der Waals surface area contributed by atoms with Gasteiger partial charge >= 0.3 is 0 Å². The van der Waals surface area contributed by atoms with Crippen molar-refractivity contribution in [3.05, 3.63) is 22.7 Å². The van der Waals surface area contributed by atoms with Crippen molar-refractivity contribution in [2.75, 3.05) is 6.54 Å². The molecule has 0 fully saturated rings. The molecule has 2 aromatic rings. The molecule has 5 heteroatoms. The fraction of sp³-hybridized carbons (Fsp3) is 0.400. The van der Waals surface area contributed by atoms with Crippen LogP contribution in [0.2, 0.25) is 0 Å². The lowest BCUT2D eigenvalue weighted by Gasteiger charge is -1.91. The van der Waals surface area contributed by atoms with Gasteiger partial charge in [-0.15, -0.1) is 0 Å². The molecule has 0 aliphatic heterocycles. The Labute approximate surface area is 92.1 Å². The van der Waals surface area contributed by atoms with E-state index < -0.39 is 0 Å². The summed E-state index contributed by atoms with van der Waals surface area (Å²) in [6.45, 7) is 0.714. The van der Waals surface area contributed by atoms with Crippen molar-refractivity contribution in [1.82, 2.24) is 10.1 Å². The Kier molecular flexibility index (Phi) is 3.47. The van der Waals surface area contributed by atoms with Crippen LogP contribution in [0.5, 0.6) is 0 Å². The summed E-state index contributed by atoms with van der Waals surface area (Å²) in [6.07, 6.45) is 2.81. The maximum absolute atomic E-state index is 5.41. The maximum Gasteiger partial charge on any atom is 0.226 e. The predicted molar refractivity (Wildman–Crippen MR) is 59.6 cm³/mol. The molecule has 80 valence electrons. The minimum absolute atomic E-state index is 0.680. The first-order chi connectivity index (χ1) is 7.40. The molecule has 2 heterocycles. The van der Waals surface area contributed by atoms with Crippen molar-refractivity contribution in [2.45, 2.75) is 19.3 Å². The van der Waals surface area contributed by atoms with Crippen LogP contribution in [0.3, 0.4) is 0 Å². The SMILES string of the molecule is NCCCCc1nc(-c2ccsc2)no1. The van der Waals surface area contributed by atoms with Crippen LogP contribution in [0.15, 0.2) is 21.3 Å². The molecular formula is C10H13N3OS. The van der Waals surface area contributed by atoms with Crippen molar-refractivity contribution >= 4 is 11.3 Å². The number of unbranched alkanes of at least 4 members (excludes halogenated alkanes) is 1. The van der Waals surface area contributed by atoms with Crippen LogP contribution in [0.1, 0.15) is 18.7 Å². The van der Waals surface area contributed by atoms with Crippen molar-refractivity contribution in [2.24, 2.45) is 5.73 Å². The van der Waals surface area contributed by atoms with Crippen molar-refractivity contribution < 1.29 is 4.52 Å². The summed E-state index contributed by atoms with van der Waals surface area (Å²) in [5.41, 5.74) is 6.43. The van der Waals surface area contributed by atoms with E-state index in [1.54, 1.807) is 11.3 Å². The molecule has 4 nitrogen and oxygen atoms in total. The summed E-state index contributed by atoms with van der Waals surface area (Å²) in [6, 6.07) is 1.99. The number of hydrogen-bond donors (Lipinski definition) is 1. The molecule has 2 aromatic heterocycles. The third kappa shape index (κ3) is 2.64. The molecule has 0 bridgehead atoms. The van der Waals surface area contributed by atoms with Gasteiger partial charge < -0.3 is 10.3 Å². The lowest BCUT2D eigenvalue weighted by molar-refractivity contribution is 0.375. The van der Waals surface area contributed by atoms with E-state index in [2.05, 4.69) is 10.1 Å². The molecule has 0 radical (unpaired) electrons. The smallest absolute Gasteiger partial charge is 0.226 e. The molecule has 0 aliphatic rings. The Hall–Kier alpha value is -1.20. The summed E-state index contributed by atoms with van der Waals surface area (Å²) in [7, 11) is 0. The molecule has 0 saturated heterocycles. The van der Waals surface area contributed by atoms with Gasteiger partial charge in [-0.25, -0.2) is 0 Å². The van der Waals surface area contributed by atoms with Crippen molar-refractivity contribution in [3.8, 4) is 11.4 Å². The zero-order valence-electron chi connectivity index (χ0n) is 8.35. The van der Waals surface area contributed by atoms with E-state index in [0.717, 1.165) is 24.8 Å². The Bertz CT molecular complexity index is 396. The second-order valence-corrected chi connectivity index (χ2v) is 4.05. The quantitative estimate of drug-likeness (QED) is 0.788. The average Bonchev–Trinajstić information content (AvgIpc) is 2.87. The molecule has 0 saturated carbocycles. The van der Waals surface area contributed by atoms with Crippen LogP contribution in [-0.4, -0.2) is 16.7 Å². The van der Waals surface area contributed by atoms with Gasteiger partial charge in [-0.05, 0) is 30.8 Å². The van der Waals surface area contributed by atoms with Gasteiger partial charge in [-0.3, -0.25) is 0 Å². The first-order valence-electron chi connectivity index (χ1n) is 4.95. The van der Waals surface area contributed by atoms with Crippen LogP contribution in [0.4, 0.5) is 0 Å². The van der Waals surface area contributed by atoms with Gasteiger partial charge in [0.25, 0.3) is 0 Å². The van der Waals surface area contributed by atoms with Crippen LogP contribution in [-0.2, 0) is 6.42 Å². The Morgan fingerprint density at radius 3 is 3.07 bits per heavy atom. The molecule has 0 amide bonds. The van der Waals surface area contributed by atoms with Gasteiger partial charge in [-0.1, -0.05) is 5.16 Å². The summed E-state index contributed by atoms with van der Waals surface area (Å²) < 4.78 is 5.14. The van der Waals surface area contributed by atoms with Crippen molar-refractivity contribution in [1.29, 1.82) is 0 Å². The van der Waals surface area contributed by atoms with Crippen LogP contribution in [0.25, 0.3) is 11.4 Å². The third-order valence-corrected chi connectivity index (χ3v) is 2.78. The largest absolute Gasteiger partial charge is 0.339 e. The minimum Gasteiger partial charge on any atom is -0.339 e. The van der Waals surface area contributed by atoms with Gasteiger partial charge in [-0.2, -0.15) is 16.3 Å². The lowest BCUT2D eigenvalue weighted by atomic mass is 10.2. The maximum atomic E-state index is 5.41. The fourth-order valence-corrected chi connectivity index (χ4v) is 1.92. The highest BCUT2D eigenvalue weighted by atomic mass is 32.1. The molecular weight excluding hydrogens is 210 g/mol. The van der Waals surface area contributed by atoms with Crippen LogP contribution < -0.4 is 5.73 Å². The number of nitrogens with zero attached hydrogens (tertiary/aromatic N) is 2. The molecule has 0 spiro atoms. The zero-order valence-corrected chi connectivity index (χ0v) is 9.17. The number of nitrogens with two attached hydrogens (primary N) is 1. The summed E-state index contributed by atoms with van der Waals surface area (Å²) in [5.74, 6) is 1.38. The first kappa shape index (κ1) is 10.3. The van der Waals surface area contributed by atoms with E-state index in [9.17, 15) is 0 Å². The van der Waals surface area contributed by atoms with E-state index >= 15 is 0 Å². The Balaban J connectivity index is 1.98. The minimum atomic E-state index is 0.680. The highest BCUT2D eigenvalue weighted by Crippen LogP contribution is 2.18. The Morgan fingerprint density at radius 1 is 1.40 bits per heavy atom. The van der Waals surface area contributed by atoms with Crippen molar-refractivity contribution in [3.63, 3.8) is 0 Å². The van der Waals surface area contributed by atoms with Gasteiger partial charge in [0.2, 0.25) is 11.7 Å². The second kappa shape index (κ2) is 5.04. The lowest BCUT2D eigenvalue weighted by Crippen LogP contribution is -1.99. The molecule has 2 N–H and O–H groups in total. The summed E-state index contributed by atoms with van der Waals surface area (Å²) in [4.78, 5) is 4.31. The van der Waals surface area contributed by atoms with Gasteiger partial charge in [0.15, 0.2) is 0 Å². The molecule has 15 heavy (non-hydrogen) atoms. The second-order valence-electron chi connectivity index (χ2n) is 3.27. The number of hydrogen-bond acceptors (Lipinski definition) is 5. The van der Waals surface area contributed by atoms with Gasteiger partial charge in [0, 0.05) is 17.4 Å². The van der Waals surface area contributed by atoms with E-state index in [4.69, 9.17) is 10.3 Å². The van der Waals surface area contributed by atoms with E-state index in [1.807, 2.05) is 16.8 Å².